The minimum Gasteiger partial charge on any atom is -0.455 e. The van der Waals surface area contributed by atoms with Crippen LogP contribution in [-0.2, 0) is 10.0 Å². The van der Waals surface area contributed by atoms with Gasteiger partial charge in [0.05, 0.1) is 28.5 Å². The summed E-state index contributed by atoms with van der Waals surface area (Å²) in [6.07, 6.45) is 2.47. The Balaban J connectivity index is 1.45. The third-order valence-corrected chi connectivity index (χ3v) is 9.43. The summed E-state index contributed by atoms with van der Waals surface area (Å²) in [6, 6.07) is 15.2. The Kier molecular flexibility index (Phi) is 7.40. The monoisotopic (exact) mass is 617 g/mol. The molecule has 2 N–H and O–H groups in total. The van der Waals surface area contributed by atoms with Gasteiger partial charge < -0.3 is 19.6 Å². The van der Waals surface area contributed by atoms with E-state index in [0.717, 1.165) is 11.8 Å². The number of aromatic nitrogens is 2. The quantitative estimate of drug-likeness (QED) is 0.270. The molecule has 1 aliphatic heterocycles. The second-order valence-corrected chi connectivity index (χ2v) is 13.2. The van der Waals surface area contributed by atoms with Crippen LogP contribution in [0.1, 0.15) is 50.9 Å². The smallest absolute Gasteiger partial charge is 0.289 e. The lowest BCUT2D eigenvalue weighted by Crippen LogP contribution is -2.40. The van der Waals surface area contributed by atoms with E-state index in [4.69, 9.17) is 4.42 Å². The predicted octanol–water partition coefficient (Wildman–Crippen LogP) is 5.20. The first-order valence-electron chi connectivity index (χ1n) is 14.2. The van der Waals surface area contributed by atoms with Gasteiger partial charge in [0.1, 0.15) is 17.2 Å². The van der Waals surface area contributed by atoms with Gasteiger partial charge in [-0.15, -0.1) is 0 Å². The number of aromatic amines is 1. The number of rotatable bonds is 6. The van der Waals surface area contributed by atoms with Crippen LogP contribution in [0.5, 0.6) is 0 Å². The molecule has 0 spiro atoms. The van der Waals surface area contributed by atoms with E-state index in [9.17, 15) is 22.4 Å². The lowest BCUT2D eigenvalue weighted by Gasteiger charge is -2.34. The first kappa shape index (κ1) is 29.4. The number of anilines is 1. The highest BCUT2D eigenvalue weighted by Crippen LogP contribution is 2.42. The van der Waals surface area contributed by atoms with Gasteiger partial charge in [-0.05, 0) is 49.6 Å². The van der Waals surface area contributed by atoms with Crippen LogP contribution in [0.25, 0.3) is 33.3 Å². The van der Waals surface area contributed by atoms with Crippen LogP contribution >= 0.6 is 0 Å². The number of piperidine rings is 1. The molecule has 1 aliphatic rings. The Hall–Kier alpha value is -4.71. The molecule has 3 heterocycles. The van der Waals surface area contributed by atoms with Crippen LogP contribution in [0.15, 0.2) is 59.0 Å². The van der Waals surface area contributed by atoms with Crippen molar-refractivity contribution in [2.75, 3.05) is 37.7 Å². The van der Waals surface area contributed by atoms with E-state index < -0.39 is 15.8 Å². The highest BCUT2D eigenvalue weighted by Gasteiger charge is 2.32. The van der Waals surface area contributed by atoms with E-state index in [1.807, 2.05) is 37.3 Å². The molecule has 12 heteroatoms. The number of aryl methyl sites for hydroxylation is 1. The fourth-order valence-corrected chi connectivity index (χ4v) is 6.35. The molecule has 1 saturated heterocycles. The van der Waals surface area contributed by atoms with Crippen LogP contribution < -0.4 is 9.62 Å². The van der Waals surface area contributed by atoms with Gasteiger partial charge in [0.2, 0.25) is 10.0 Å². The molecule has 0 unspecified atom stereocenters. The van der Waals surface area contributed by atoms with Gasteiger partial charge in [-0.25, -0.2) is 17.8 Å². The lowest BCUT2D eigenvalue weighted by atomic mass is 9.88. The minimum atomic E-state index is -3.67. The van der Waals surface area contributed by atoms with Crippen molar-refractivity contribution in [3.8, 4) is 11.3 Å². The van der Waals surface area contributed by atoms with E-state index >= 15 is 0 Å². The van der Waals surface area contributed by atoms with E-state index in [1.54, 1.807) is 18.0 Å². The second-order valence-electron chi connectivity index (χ2n) is 11.2. The molecule has 5 aromatic rings. The third kappa shape index (κ3) is 5.30. The Morgan fingerprint density at radius 1 is 1.14 bits per heavy atom. The van der Waals surface area contributed by atoms with Crippen molar-refractivity contribution in [1.82, 2.24) is 20.2 Å². The van der Waals surface area contributed by atoms with Crippen molar-refractivity contribution in [1.29, 1.82) is 0 Å². The fraction of sp³-hybridized carbons (Fsp3) is 0.281. The summed E-state index contributed by atoms with van der Waals surface area (Å²) in [7, 11) is -0.651. The molecular weight excluding hydrogens is 585 g/mol. The van der Waals surface area contributed by atoms with Gasteiger partial charge in [-0.3, -0.25) is 13.9 Å². The molecule has 0 radical (unpaired) electrons. The maximum Gasteiger partial charge on any atom is 0.289 e. The molecule has 3 aromatic carbocycles. The van der Waals surface area contributed by atoms with Crippen molar-refractivity contribution < 1.29 is 26.8 Å². The van der Waals surface area contributed by atoms with Crippen LogP contribution in [-0.4, -0.2) is 68.5 Å². The highest BCUT2D eigenvalue weighted by atomic mass is 32.2. The molecule has 1 fully saturated rings. The Bertz CT molecular complexity index is 2030. The maximum absolute atomic E-state index is 13.7. The lowest BCUT2D eigenvalue weighted by molar-refractivity contribution is 0.0696. The Morgan fingerprint density at radius 2 is 1.89 bits per heavy atom. The molecule has 1 atom stereocenters. The number of nitrogens with one attached hydrogen (secondary N) is 2. The summed E-state index contributed by atoms with van der Waals surface area (Å²) < 4.78 is 46.7. The van der Waals surface area contributed by atoms with E-state index in [0.29, 0.717) is 76.1 Å². The van der Waals surface area contributed by atoms with E-state index in [1.165, 1.54) is 29.6 Å². The van der Waals surface area contributed by atoms with E-state index in [-0.39, 0.29) is 23.6 Å². The van der Waals surface area contributed by atoms with Crippen LogP contribution in [0.2, 0.25) is 0 Å². The van der Waals surface area contributed by atoms with Crippen molar-refractivity contribution >= 4 is 49.5 Å². The zero-order valence-corrected chi connectivity index (χ0v) is 25.6. The van der Waals surface area contributed by atoms with Gasteiger partial charge in [-0.1, -0.05) is 29.8 Å². The SMILES string of the molecule is CNC(=O)c1c(-c2ccc(C)cc2)oc2cc(N(C)S(C)(=O)=O)c([C@H]3CCCN(C(=O)c4nc5ccc(F)cc5[nH]4)C3)cc12. The van der Waals surface area contributed by atoms with Gasteiger partial charge in [0.15, 0.2) is 5.82 Å². The number of hydrogen-bond donors (Lipinski definition) is 2. The molecule has 0 aliphatic carbocycles. The van der Waals surface area contributed by atoms with Crippen molar-refractivity contribution in [2.45, 2.75) is 25.7 Å². The van der Waals surface area contributed by atoms with Crippen molar-refractivity contribution in [3.05, 3.63) is 82.9 Å². The standard InChI is InChI=1S/C32H32FN5O5S/c1-18-7-9-19(10-8-18)29-28(31(39)34-2)23-15-22(26(16-27(23)43-29)37(3)44(4,41)42)20-6-5-13-38(17-20)32(40)30-35-24-12-11-21(33)14-25(24)36-30/h7-12,14-16,20H,5-6,13,17H2,1-4H3,(H,34,39)(H,35,36)/t20-/m0/s1. The first-order valence-corrected chi connectivity index (χ1v) is 16.1. The number of imidazole rings is 1. The molecule has 0 saturated carbocycles. The zero-order chi connectivity index (χ0) is 31.3. The molecule has 228 valence electrons. The van der Waals surface area contributed by atoms with Crippen LogP contribution in [0.4, 0.5) is 10.1 Å². The maximum atomic E-state index is 13.7. The zero-order valence-electron chi connectivity index (χ0n) is 24.8. The van der Waals surface area contributed by atoms with Gasteiger partial charge in [-0.2, -0.15) is 0 Å². The second kappa shape index (κ2) is 11.1. The van der Waals surface area contributed by atoms with Crippen LogP contribution in [0.3, 0.4) is 0 Å². The summed E-state index contributed by atoms with van der Waals surface area (Å²) in [5.74, 6) is -0.871. The fourth-order valence-electron chi connectivity index (χ4n) is 5.83. The molecule has 2 amide bonds. The highest BCUT2D eigenvalue weighted by molar-refractivity contribution is 7.92. The summed E-state index contributed by atoms with van der Waals surface area (Å²) in [6.45, 7) is 2.74. The summed E-state index contributed by atoms with van der Waals surface area (Å²) in [4.78, 5) is 35.8. The first-order chi connectivity index (χ1) is 20.9. The molecular formula is C32H32FN5O5S. The number of benzene rings is 3. The normalized spacial score (nSPS) is 15.6. The Labute approximate surface area is 253 Å². The number of nitrogens with zero attached hydrogens (tertiary/aromatic N) is 3. The Morgan fingerprint density at radius 3 is 2.59 bits per heavy atom. The van der Waals surface area contributed by atoms with Gasteiger partial charge in [0.25, 0.3) is 11.8 Å². The number of likely N-dealkylation sites (tertiary alicyclic amines) is 1. The number of fused-ring (bicyclic) bond motifs is 2. The molecule has 6 rings (SSSR count). The average Bonchev–Trinajstić information content (AvgIpc) is 3.60. The summed E-state index contributed by atoms with van der Waals surface area (Å²) in [5, 5.41) is 3.25. The van der Waals surface area contributed by atoms with Crippen LogP contribution in [0, 0.1) is 12.7 Å². The predicted molar refractivity (Wildman–Crippen MR) is 167 cm³/mol. The van der Waals surface area contributed by atoms with Gasteiger partial charge in [0, 0.05) is 50.1 Å². The number of carbonyl (C=O) groups excluding carboxylic acids is 2. The number of furan rings is 1. The molecule has 10 nitrogen and oxygen atoms in total. The van der Waals surface area contributed by atoms with Crippen molar-refractivity contribution in [2.24, 2.45) is 0 Å². The largest absolute Gasteiger partial charge is 0.455 e. The topological polar surface area (TPSA) is 129 Å². The average molecular weight is 618 g/mol. The third-order valence-electron chi connectivity index (χ3n) is 8.24. The minimum absolute atomic E-state index is 0.106. The van der Waals surface area contributed by atoms with Gasteiger partial charge >= 0.3 is 0 Å². The number of carbonyl (C=O) groups is 2. The molecule has 44 heavy (non-hydrogen) atoms. The van der Waals surface area contributed by atoms with E-state index in [2.05, 4.69) is 15.3 Å². The number of hydrogen-bond acceptors (Lipinski definition) is 6. The number of sulfonamides is 1. The summed E-state index contributed by atoms with van der Waals surface area (Å²) >= 11 is 0. The number of H-pyrrole nitrogens is 1. The summed E-state index contributed by atoms with van der Waals surface area (Å²) in [5.41, 5.74) is 4.47. The van der Waals surface area contributed by atoms with Crippen molar-refractivity contribution in [3.63, 3.8) is 0 Å². The molecule has 2 aromatic heterocycles. The number of halogens is 1. The number of amides is 2. The molecule has 0 bridgehead atoms.